The van der Waals surface area contributed by atoms with Gasteiger partial charge in [-0.15, -0.1) is 0 Å². The molecule has 2 heterocycles. The maximum absolute atomic E-state index is 4.28. The Bertz CT molecular complexity index is 316. The first-order valence-electron chi connectivity index (χ1n) is 6.70. The molecule has 0 amide bonds. The Morgan fingerprint density at radius 3 is 2.88 bits per heavy atom. The number of aromatic nitrogens is 3. The average Bonchev–Trinajstić information content (AvgIpc) is 2.96. The first kappa shape index (κ1) is 12.5. The van der Waals surface area contributed by atoms with E-state index in [-0.39, 0.29) is 0 Å². The molecule has 1 N–H and O–H groups in total. The summed E-state index contributed by atoms with van der Waals surface area (Å²) < 4.78 is 1.99. The van der Waals surface area contributed by atoms with Gasteiger partial charge >= 0.3 is 0 Å². The molecule has 0 aromatic carbocycles. The predicted octanol–water partition coefficient (Wildman–Crippen LogP) is 0.873. The first-order valence-corrected chi connectivity index (χ1v) is 6.70. The number of likely N-dealkylation sites (tertiary alicyclic amines) is 1. The van der Waals surface area contributed by atoms with Crippen molar-refractivity contribution >= 4 is 0 Å². The van der Waals surface area contributed by atoms with E-state index in [9.17, 15) is 0 Å². The van der Waals surface area contributed by atoms with E-state index in [1.54, 1.807) is 6.33 Å². The van der Waals surface area contributed by atoms with Crippen LogP contribution in [0.1, 0.15) is 32.0 Å². The SMILES string of the molecule is CCCn1ncnc1CNCCN1CCCC1. The van der Waals surface area contributed by atoms with E-state index in [0.717, 1.165) is 38.4 Å². The molecule has 1 aliphatic rings. The Kier molecular flexibility index (Phi) is 4.94. The van der Waals surface area contributed by atoms with Crippen LogP contribution in [0.2, 0.25) is 0 Å². The summed E-state index contributed by atoms with van der Waals surface area (Å²) in [5.74, 6) is 1.05. The highest BCUT2D eigenvalue weighted by Crippen LogP contribution is 2.05. The molecule has 0 atom stereocenters. The van der Waals surface area contributed by atoms with Gasteiger partial charge < -0.3 is 10.2 Å². The first-order chi connectivity index (χ1) is 8.40. The van der Waals surface area contributed by atoms with Crippen molar-refractivity contribution in [3.05, 3.63) is 12.2 Å². The van der Waals surface area contributed by atoms with E-state index in [1.807, 2.05) is 4.68 Å². The van der Waals surface area contributed by atoms with Crippen LogP contribution in [0.25, 0.3) is 0 Å². The van der Waals surface area contributed by atoms with Crippen LogP contribution in [0.3, 0.4) is 0 Å². The van der Waals surface area contributed by atoms with E-state index in [4.69, 9.17) is 0 Å². The third kappa shape index (κ3) is 3.78. The molecular formula is C12H23N5. The number of hydrogen-bond acceptors (Lipinski definition) is 4. The molecule has 1 aliphatic heterocycles. The molecule has 2 rings (SSSR count). The summed E-state index contributed by atoms with van der Waals surface area (Å²) in [7, 11) is 0. The van der Waals surface area contributed by atoms with Gasteiger partial charge in [0.05, 0.1) is 6.54 Å². The zero-order valence-electron chi connectivity index (χ0n) is 10.7. The van der Waals surface area contributed by atoms with Gasteiger partial charge in [0, 0.05) is 19.6 Å². The fourth-order valence-electron chi connectivity index (χ4n) is 2.27. The standard InChI is InChI=1S/C12H23N5/c1-2-6-17-12(14-11-15-17)10-13-5-9-16-7-3-4-8-16/h11,13H,2-10H2,1H3. The molecule has 96 valence electrons. The molecule has 5 heteroatoms. The topological polar surface area (TPSA) is 46.0 Å². The summed E-state index contributed by atoms with van der Waals surface area (Å²) in [5, 5.41) is 7.67. The van der Waals surface area contributed by atoms with Gasteiger partial charge in [-0.2, -0.15) is 5.10 Å². The van der Waals surface area contributed by atoms with Crippen LogP contribution in [0, 0.1) is 0 Å². The van der Waals surface area contributed by atoms with Crippen LogP contribution in [0.15, 0.2) is 6.33 Å². The molecule has 1 aromatic heterocycles. The number of aryl methyl sites for hydroxylation is 1. The van der Waals surface area contributed by atoms with Gasteiger partial charge in [-0.25, -0.2) is 9.67 Å². The molecule has 0 bridgehead atoms. The van der Waals surface area contributed by atoms with E-state index in [0.29, 0.717) is 0 Å². The fraction of sp³-hybridized carbons (Fsp3) is 0.833. The second-order valence-electron chi connectivity index (χ2n) is 4.62. The summed E-state index contributed by atoms with van der Waals surface area (Å²) in [6.45, 7) is 8.69. The Hall–Kier alpha value is -0.940. The minimum Gasteiger partial charge on any atom is -0.309 e. The van der Waals surface area contributed by atoms with Crippen LogP contribution >= 0.6 is 0 Å². The van der Waals surface area contributed by atoms with Gasteiger partial charge in [0.25, 0.3) is 0 Å². The molecule has 1 aromatic rings. The number of hydrogen-bond donors (Lipinski definition) is 1. The lowest BCUT2D eigenvalue weighted by atomic mass is 10.4. The van der Waals surface area contributed by atoms with Gasteiger partial charge in [-0.1, -0.05) is 6.92 Å². The molecule has 0 aliphatic carbocycles. The van der Waals surface area contributed by atoms with E-state index in [2.05, 4.69) is 27.2 Å². The highest BCUT2D eigenvalue weighted by Gasteiger charge is 2.10. The van der Waals surface area contributed by atoms with Gasteiger partial charge in [0.15, 0.2) is 0 Å². The summed E-state index contributed by atoms with van der Waals surface area (Å²) >= 11 is 0. The smallest absolute Gasteiger partial charge is 0.140 e. The Morgan fingerprint density at radius 2 is 2.12 bits per heavy atom. The largest absolute Gasteiger partial charge is 0.309 e. The zero-order chi connectivity index (χ0) is 11.9. The molecule has 0 spiro atoms. The molecule has 1 fully saturated rings. The summed E-state index contributed by atoms with van der Waals surface area (Å²) in [5.41, 5.74) is 0. The number of rotatable bonds is 7. The lowest BCUT2D eigenvalue weighted by Gasteiger charge is -2.14. The number of nitrogens with one attached hydrogen (secondary N) is 1. The molecule has 0 unspecified atom stereocenters. The molecular weight excluding hydrogens is 214 g/mol. The van der Waals surface area contributed by atoms with Crippen molar-refractivity contribution in [2.24, 2.45) is 0 Å². The second-order valence-corrected chi connectivity index (χ2v) is 4.62. The van der Waals surface area contributed by atoms with E-state index < -0.39 is 0 Å². The van der Waals surface area contributed by atoms with E-state index in [1.165, 1.54) is 25.9 Å². The second kappa shape index (κ2) is 6.71. The van der Waals surface area contributed by atoms with Gasteiger partial charge in [-0.05, 0) is 32.4 Å². The highest BCUT2D eigenvalue weighted by atomic mass is 15.3. The third-order valence-electron chi connectivity index (χ3n) is 3.22. The molecule has 5 nitrogen and oxygen atoms in total. The van der Waals surface area contributed by atoms with Crippen LogP contribution < -0.4 is 5.32 Å². The van der Waals surface area contributed by atoms with Crippen LogP contribution in [-0.4, -0.2) is 45.8 Å². The van der Waals surface area contributed by atoms with E-state index >= 15 is 0 Å². The molecule has 0 radical (unpaired) electrons. The zero-order valence-corrected chi connectivity index (χ0v) is 10.7. The molecule has 1 saturated heterocycles. The minimum absolute atomic E-state index is 0.827. The summed E-state index contributed by atoms with van der Waals surface area (Å²) in [6.07, 6.45) is 5.48. The minimum atomic E-state index is 0.827. The van der Waals surface area contributed by atoms with Gasteiger partial charge in [-0.3, -0.25) is 0 Å². The summed E-state index contributed by atoms with van der Waals surface area (Å²) in [4.78, 5) is 6.80. The van der Waals surface area contributed by atoms with Crippen molar-refractivity contribution in [1.82, 2.24) is 25.0 Å². The normalized spacial score (nSPS) is 16.8. The highest BCUT2D eigenvalue weighted by molar-refractivity contribution is 4.83. The van der Waals surface area contributed by atoms with Crippen molar-refractivity contribution in [2.75, 3.05) is 26.2 Å². The van der Waals surface area contributed by atoms with Gasteiger partial charge in [0.2, 0.25) is 0 Å². The van der Waals surface area contributed by atoms with Gasteiger partial charge in [0.1, 0.15) is 12.2 Å². The van der Waals surface area contributed by atoms with Crippen molar-refractivity contribution in [2.45, 2.75) is 39.3 Å². The van der Waals surface area contributed by atoms with Crippen molar-refractivity contribution in [1.29, 1.82) is 0 Å². The Morgan fingerprint density at radius 1 is 1.29 bits per heavy atom. The van der Waals surface area contributed by atoms with Crippen molar-refractivity contribution in [3.63, 3.8) is 0 Å². The maximum Gasteiger partial charge on any atom is 0.140 e. The van der Waals surface area contributed by atoms with Crippen LogP contribution in [-0.2, 0) is 13.1 Å². The summed E-state index contributed by atoms with van der Waals surface area (Å²) in [6, 6.07) is 0. The van der Waals surface area contributed by atoms with Crippen molar-refractivity contribution in [3.8, 4) is 0 Å². The molecule has 0 saturated carbocycles. The Labute approximate surface area is 103 Å². The van der Waals surface area contributed by atoms with Crippen LogP contribution in [0.4, 0.5) is 0 Å². The quantitative estimate of drug-likeness (QED) is 0.715. The number of nitrogens with zero attached hydrogens (tertiary/aromatic N) is 4. The Balaban J connectivity index is 1.65. The maximum atomic E-state index is 4.28. The average molecular weight is 237 g/mol. The van der Waals surface area contributed by atoms with Crippen LogP contribution in [0.5, 0.6) is 0 Å². The lowest BCUT2D eigenvalue weighted by Crippen LogP contribution is -2.30. The predicted molar refractivity (Wildman–Crippen MR) is 67.7 cm³/mol. The third-order valence-corrected chi connectivity index (χ3v) is 3.22. The molecule has 17 heavy (non-hydrogen) atoms. The fourth-order valence-corrected chi connectivity index (χ4v) is 2.27. The monoisotopic (exact) mass is 237 g/mol. The lowest BCUT2D eigenvalue weighted by molar-refractivity contribution is 0.334. The van der Waals surface area contributed by atoms with Crippen molar-refractivity contribution < 1.29 is 0 Å².